The normalized spacial score (nSPS) is 9.89. The van der Waals surface area contributed by atoms with E-state index in [1.54, 1.807) is 12.3 Å². The van der Waals surface area contributed by atoms with Gasteiger partial charge >= 0.3 is 0 Å². The highest BCUT2D eigenvalue weighted by Crippen LogP contribution is 2.18. The van der Waals surface area contributed by atoms with Crippen LogP contribution in [0.1, 0.15) is 5.56 Å². The van der Waals surface area contributed by atoms with E-state index < -0.39 is 0 Å². The number of thiocarbonyl (C=S) groups is 1. The molecule has 5 heteroatoms. The van der Waals surface area contributed by atoms with Crippen molar-refractivity contribution in [2.75, 3.05) is 10.6 Å². The monoisotopic (exact) mass is 277 g/mol. The summed E-state index contributed by atoms with van der Waals surface area (Å²) in [4.78, 5) is 3.97. The first kappa shape index (κ1) is 12.8. The van der Waals surface area contributed by atoms with Crippen LogP contribution in [0.25, 0.3) is 0 Å². The SMILES string of the molecule is Cc1cccc(NC(=S)Nc2cccnc2Cl)c1. The molecule has 0 aliphatic heterocycles. The number of nitrogens with one attached hydrogen (secondary N) is 2. The summed E-state index contributed by atoms with van der Waals surface area (Å²) in [5.74, 6) is 0. The number of nitrogens with zero attached hydrogens (tertiary/aromatic N) is 1. The molecule has 0 spiro atoms. The summed E-state index contributed by atoms with van der Waals surface area (Å²) in [6.45, 7) is 2.03. The summed E-state index contributed by atoms with van der Waals surface area (Å²) in [6, 6.07) is 11.6. The van der Waals surface area contributed by atoms with Crippen molar-refractivity contribution in [3.8, 4) is 0 Å². The Morgan fingerprint density at radius 3 is 2.78 bits per heavy atom. The van der Waals surface area contributed by atoms with Crippen LogP contribution in [0, 0.1) is 6.92 Å². The fraction of sp³-hybridized carbons (Fsp3) is 0.0769. The standard InChI is InChI=1S/C13H12ClN3S/c1-9-4-2-5-10(8-9)16-13(18)17-11-6-3-7-15-12(11)14/h2-8H,1H3,(H2,16,17,18). The van der Waals surface area contributed by atoms with Crippen LogP contribution in [0.2, 0.25) is 5.15 Å². The second-order valence-electron chi connectivity index (χ2n) is 3.79. The molecule has 0 bridgehead atoms. The Morgan fingerprint density at radius 1 is 1.22 bits per heavy atom. The van der Waals surface area contributed by atoms with Crippen LogP contribution in [0.3, 0.4) is 0 Å². The van der Waals surface area contributed by atoms with Crippen LogP contribution in [0.15, 0.2) is 42.6 Å². The molecule has 0 radical (unpaired) electrons. The summed E-state index contributed by atoms with van der Waals surface area (Å²) >= 11 is 11.1. The van der Waals surface area contributed by atoms with Crippen molar-refractivity contribution in [1.82, 2.24) is 4.98 Å². The number of anilines is 2. The molecule has 0 saturated heterocycles. The quantitative estimate of drug-likeness (QED) is 0.646. The molecule has 0 aliphatic carbocycles. The van der Waals surface area contributed by atoms with E-state index in [4.69, 9.17) is 23.8 Å². The maximum atomic E-state index is 5.94. The van der Waals surface area contributed by atoms with Crippen molar-refractivity contribution in [3.63, 3.8) is 0 Å². The predicted octanol–water partition coefficient (Wildman–Crippen LogP) is 3.85. The lowest BCUT2D eigenvalue weighted by atomic mass is 10.2. The fourth-order valence-electron chi connectivity index (χ4n) is 1.49. The van der Waals surface area contributed by atoms with Gasteiger partial charge in [0.05, 0.1) is 5.69 Å². The van der Waals surface area contributed by atoms with Crippen LogP contribution in [-0.2, 0) is 0 Å². The van der Waals surface area contributed by atoms with E-state index in [0.29, 0.717) is 16.0 Å². The van der Waals surface area contributed by atoms with Gasteiger partial charge in [0.15, 0.2) is 10.3 Å². The van der Waals surface area contributed by atoms with E-state index in [1.807, 2.05) is 37.3 Å². The Bertz CT molecular complexity index is 572. The Morgan fingerprint density at radius 2 is 2.06 bits per heavy atom. The second-order valence-corrected chi connectivity index (χ2v) is 4.56. The van der Waals surface area contributed by atoms with Gasteiger partial charge in [0.1, 0.15) is 0 Å². The smallest absolute Gasteiger partial charge is 0.175 e. The molecule has 92 valence electrons. The van der Waals surface area contributed by atoms with Gasteiger partial charge in [-0.2, -0.15) is 0 Å². The number of rotatable bonds is 2. The van der Waals surface area contributed by atoms with E-state index in [9.17, 15) is 0 Å². The van der Waals surface area contributed by atoms with E-state index in [-0.39, 0.29) is 0 Å². The predicted molar refractivity (Wildman–Crippen MR) is 80.3 cm³/mol. The lowest BCUT2D eigenvalue weighted by Gasteiger charge is -2.11. The summed E-state index contributed by atoms with van der Waals surface area (Å²) in [5, 5.41) is 6.97. The van der Waals surface area contributed by atoms with Crippen LogP contribution in [0.4, 0.5) is 11.4 Å². The van der Waals surface area contributed by atoms with E-state index in [1.165, 1.54) is 5.56 Å². The van der Waals surface area contributed by atoms with Crippen LogP contribution >= 0.6 is 23.8 Å². The Kier molecular flexibility index (Phi) is 4.12. The minimum atomic E-state index is 0.394. The summed E-state index contributed by atoms with van der Waals surface area (Å²) < 4.78 is 0. The maximum Gasteiger partial charge on any atom is 0.175 e. The number of aryl methyl sites for hydroxylation is 1. The van der Waals surface area contributed by atoms with E-state index in [0.717, 1.165) is 5.69 Å². The van der Waals surface area contributed by atoms with Crippen LogP contribution in [0.5, 0.6) is 0 Å². The first-order valence-corrected chi connectivity index (χ1v) is 6.19. The number of aromatic nitrogens is 1. The third-order valence-electron chi connectivity index (χ3n) is 2.28. The Balaban J connectivity index is 2.03. The van der Waals surface area contributed by atoms with Gasteiger partial charge < -0.3 is 10.6 Å². The fourth-order valence-corrected chi connectivity index (χ4v) is 1.88. The lowest BCUT2D eigenvalue weighted by Crippen LogP contribution is -2.19. The molecule has 0 aliphatic rings. The third-order valence-corrected chi connectivity index (χ3v) is 2.79. The molecule has 0 unspecified atom stereocenters. The molecule has 0 fully saturated rings. The van der Waals surface area contributed by atoms with Crippen LogP contribution in [-0.4, -0.2) is 10.1 Å². The number of pyridine rings is 1. The zero-order valence-corrected chi connectivity index (χ0v) is 11.3. The van der Waals surface area contributed by atoms with Gasteiger partial charge in [0.2, 0.25) is 0 Å². The lowest BCUT2D eigenvalue weighted by molar-refractivity contribution is 1.33. The summed E-state index contributed by atoms with van der Waals surface area (Å²) in [5.41, 5.74) is 2.79. The molecule has 0 saturated carbocycles. The molecule has 1 aromatic carbocycles. The van der Waals surface area contributed by atoms with Crippen molar-refractivity contribution in [2.24, 2.45) is 0 Å². The molecule has 2 N–H and O–H groups in total. The third kappa shape index (κ3) is 3.42. The van der Waals surface area contributed by atoms with Gasteiger partial charge in [-0.25, -0.2) is 4.98 Å². The zero-order chi connectivity index (χ0) is 13.0. The minimum Gasteiger partial charge on any atom is -0.332 e. The van der Waals surface area contributed by atoms with Crippen LogP contribution < -0.4 is 10.6 Å². The van der Waals surface area contributed by atoms with Gasteiger partial charge in [0, 0.05) is 11.9 Å². The molecule has 0 atom stereocenters. The Hall–Kier alpha value is -1.65. The second kappa shape index (κ2) is 5.80. The molecule has 3 nitrogen and oxygen atoms in total. The first-order valence-electron chi connectivity index (χ1n) is 5.40. The summed E-state index contributed by atoms with van der Waals surface area (Å²) in [6.07, 6.45) is 1.63. The van der Waals surface area contributed by atoms with E-state index in [2.05, 4.69) is 15.6 Å². The number of benzene rings is 1. The van der Waals surface area contributed by atoms with Crippen molar-refractivity contribution in [2.45, 2.75) is 6.92 Å². The highest BCUT2D eigenvalue weighted by Gasteiger charge is 2.03. The maximum absolute atomic E-state index is 5.94. The van der Waals surface area contributed by atoms with Gasteiger partial charge in [0.25, 0.3) is 0 Å². The molecular formula is C13H12ClN3S. The average molecular weight is 278 g/mol. The number of hydrogen-bond donors (Lipinski definition) is 2. The molecule has 1 heterocycles. The van der Waals surface area contributed by atoms with Crippen molar-refractivity contribution in [1.29, 1.82) is 0 Å². The van der Waals surface area contributed by atoms with Crippen molar-refractivity contribution in [3.05, 3.63) is 53.3 Å². The average Bonchev–Trinajstić information content (AvgIpc) is 2.32. The first-order chi connectivity index (χ1) is 8.65. The van der Waals surface area contributed by atoms with Gasteiger partial charge in [-0.3, -0.25) is 0 Å². The highest BCUT2D eigenvalue weighted by molar-refractivity contribution is 7.80. The van der Waals surface area contributed by atoms with Gasteiger partial charge in [-0.15, -0.1) is 0 Å². The molecule has 2 rings (SSSR count). The van der Waals surface area contributed by atoms with Gasteiger partial charge in [-0.1, -0.05) is 23.7 Å². The summed E-state index contributed by atoms with van der Waals surface area (Å²) in [7, 11) is 0. The molecule has 0 amide bonds. The molecule has 2 aromatic rings. The minimum absolute atomic E-state index is 0.394. The number of halogens is 1. The topological polar surface area (TPSA) is 37.0 Å². The molecular weight excluding hydrogens is 266 g/mol. The van der Waals surface area contributed by atoms with Crippen molar-refractivity contribution < 1.29 is 0 Å². The van der Waals surface area contributed by atoms with Gasteiger partial charge in [-0.05, 0) is 49.0 Å². The van der Waals surface area contributed by atoms with Crippen molar-refractivity contribution >= 4 is 40.3 Å². The highest BCUT2D eigenvalue weighted by atomic mass is 35.5. The number of hydrogen-bond acceptors (Lipinski definition) is 2. The zero-order valence-electron chi connectivity index (χ0n) is 9.77. The largest absolute Gasteiger partial charge is 0.332 e. The van der Waals surface area contributed by atoms with E-state index >= 15 is 0 Å². The Labute approximate surface area is 116 Å². The molecule has 1 aromatic heterocycles. The molecule has 18 heavy (non-hydrogen) atoms.